The summed E-state index contributed by atoms with van der Waals surface area (Å²) < 4.78 is 5.87. The molecule has 0 saturated carbocycles. The van der Waals surface area contributed by atoms with Crippen LogP contribution in [0.1, 0.15) is 30.9 Å². The van der Waals surface area contributed by atoms with Gasteiger partial charge in [-0.3, -0.25) is 0 Å². The molecule has 1 aliphatic heterocycles. The summed E-state index contributed by atoms with van der Waals surface area (Å²) in [6.45, 7) is 5.22. The van der Waals surface area contributed by atoms with Gasteiger partial charge in [0.2, 0.25) is 0 Å². The van der Waals surface area contributed by atoms with E-state index in [1.54, 1.807) is 0 Å². The van der Waals surface area contributed by atoms with E-state index >= 15 is 0 Å². The molecule has 0 saturated heterocycles. The highest BCUT2D eigenvalue weighted by Crippen LogP contribution is 2.27. The van der Waals surface area contributed by atoms with Crippen molar-refractivity contribution in [1.82, 2.24) is 4.90 Å². The fourth-order valence-electron chi connectivity index (χ4n) is 2.15. The fourth-order valence-corrected chi connectivity index (χ4v) is 2.15. The lowest BCUT2D eigenvalue weighted by molar-refractivity contribution is 0.278. The van der Waals surface area contributed by atoms with Gasteiger partial charge in [-0.05, 0) is 31.5 Å². The van der Waals surface area contributed by atoms with Gasteiger partial charge in [0, 0.05) is 18.7 Å². The van der Waals surface area contributed by atoms with E-state index in [1.807, 2.05) is 0 Å². The molecule has 0 atom stereocenters. The Balaban J connectivity index is 2.12. The number of nitrogens with zero attached hydrogens (tertiary/aromatic N) is 1. The lowest BCUT2D eigenvalue weighted by Gasteiger charge is -2.26. The Labute approximate surface area is 98.2 Å². The number of unbranched alkanes of at least 4 members (excludes halogenated alkanes) is 1. The van der Waals surface area contributed by atoms with Crippen LogP contribution in [-0.4, -0.2) is 25.1 Å². The first-order valence-electron chi connectivity index (χ1n) is 6.23. The molecule has 0 aromatic heterocycles. The summed E-state index contributed by atoms with van der Waals surface area (Å²) in [5, 5.41) is 0. The Morgan fingerprint density at radius 2 is 2.25 bits per heavy atom. The summed E-state index contributed by atoms with van der Waals surface area (Å²) in [6, 6.07) is 6.45. The van der Waals surface area contributed by atoms with Gasteiger partial charge in [0.1, 0.15) is 5.75 Å². The summed E-state index contributed by atoms with van der Waals surface area (Å²) in [7, 11) is 2.17. The van der Waals surface area contributed by atoms with Crippen LogP contribution in [0.5, 0.6) is 5.75 Å². The largest absolute Gasteiger partial charge is 0.493 e. The predicted octanol–water partition coefficient (Wildman–Crippen LogP) is 2.85. The molecule has 0 spiro atoms. The minimum absolute atomic E-state index is 0.844. The Bertz CT molecular complexity index is 349. The number of fused-ring (bicyclic) bond motifs is 1. The second-order valence-corrected chi connectivity index (χ2v) is 4.58. The molecule has 2 nitrogen and oxygen atoms in total. The van der Waals surface area contributed by atoms with Gasteiger partial charge in [0.25, 0.3) is 0 Å². The number of benzene rings is 1. The number of hydrogen-bond donors (Lipinski definition) is 0. The maximum Gasteiger partial charge on any atom is 0.124 e. The van der Waals surface area contributed by atoms with Gasteiger partial charge in [0.05, 0.1) is 6.61 Å². The Hall–Kier alpha value is -1.02. The highest BCUT2D eigenvalue weighted by Gasteiger charge is 2.16. The average Bonchev–Trinajstić information content (AvgIpc) is 2.30. The third-order valence-electron chi connectivity index (χ3n) is 3.18. The fraction of sp³-hybridized carbons (Fsp3) is 0.571. The van der Waals surface area contributed by atoms with Gasteiger partial charge in [-0.25, -0.2) is 0 Å². The zero-order chi connectivity index (χ0) is 11.4. The zero-order valence-corrected chi connectivity index (χ0v) is 10.3. The first kappa shape index (κ1) is 11.5. The van der Waals surface area contributed by atoms with E-state index < -0.39 is 0 Å². The third-order valence-corrected chi connectivity index (χ3v) is 3.18. The molecular weight excluding hydrogens is 198 g/mol. The van der Waals surface area contributed by atoms with Crippen LogP contribution in [0.15, 0.2) is 18.2 Å². The van der Waals surface area contributed by atoms with Crippen LogP contribution in [-0.2, 0) is 13.0 Å². The molecule has 0 fully saturated rings. The molecule has 0 aliphatic carbocycles. The van der Waals surface area contributed by atoms with Crippen LogP contribution in [0.25, 0.3) is 0 Å². The lowest BCUT2D eigenvalue weighted by Crippen LogP contribution is -2.27. The predicted molar refractivity (Wildman–Crippen MR) is 66.9 cm³/mol. The first-order chi connectivity index (χ1) is 7.81. The quantitative estimate of drug-likeness (QED) is 0.722. The van der Waals surface area contributed by atoms with E-state index in [2.05, 4.69) is 37.1 Å². The van der Waals surface area contributed by atoms with Gasteiger partial charge >= 0.3 is 0 Å². The summed E-state index contributed by atoms with van der Waals surface area (Å²) in [5.74, 6) is 1.09. The molecule has 2 heteroatoms. The Morgan fingerprint density at radius 1 is 1.38 bits per heavy atom. The van der Waals surface area contributed by atoms with Crippen LogP contribution in [0.4, 0.5) is 0 Å². The summed E-state index contributed by atoms with van der Waals surface area (Å²) in [4.78, 5) is 2.36. The van der Waals surface area contributed by atoms with Crippen LogP contribution < -0.4 is 4.74 Å². The van der Waals surface area contributed by atoms with E-state index in [9.17, 15) is 0 Å². The van der Waals surface area contributed by atoms with E-state index in [4.69, 9.17) is 4.74 Å². The van der Waals surface area contributed by atoms with Crippen LogP contribution in [0, 0.1) is 0 Å². The highest BCUT2D eigenvalue weighted by molar-refractivity contribution is 5.41. The molecule has 0 bridgehead atoms. The SMILES string of the molecule is CCCCOc1cccc2c1CN(C)CC2. The number of likely N-dealkylation sites (N-methyl/N-ethyl adjacent to an activating group) is 1. The number of ether oxygens (including phenoxy) is 1. The highest BCUT2D eigenvalue weighted by atomic mass is 16.5. The van der Waals surface area contributed by atoms with Crippen molar-refractivity contribution in [3.63, 3.8) is 0 Å². The molecule has 1 aromatic carbocycles. The van der Waals surface area contributed by atoms with Gasteiger partial charge in [-0.15, -0.1) is 0 Å². The Kier molecular flexibility index (Phi) is 3.83. The lowest BCUT2D eigenvalue weighted by atomic mass is 9.99. The van der Waals surface area contributed by atoms with E-state index in [1.165, 1.54) is 17.5 Å². The second kappa shape index (κ2) is 5.35. The van der Waals surface area contributed by atoms with Crippen molar-refractivity contribution in [2.24, 2.45) is 0 Å². The van der Waals surface area contributed by atoms with Crippen LogP contribution in [0.2, 0.25) is 0 Å². The number of rotatable bonds is 4. The van der Waals surface area contributed by atoms with Crippen molar-refractivity contribution in [1.29, 1.82) is 0 Å². The zero-order valence-electron chi connectivity index (χ0n) is 10.3. The summed E-state index contributed by atoms with van der Waals surface area (Å²) >= 11 is 0. The summed E-state index contributed by atoms with van der Waals surface area (Å²) in [5.41, 5.74) is 2.86. The van der Waals surface area contributed by atoms with Crippen molar-refractivity contribution in [3.8, 4) is 5.75 Å². The maximum atomic E-state index is 5.87. The van der Waals surface area contributed by atoms with Crippen molar-refractivity contribution in [3.05, 3.63) is 29.3 Å². The molecule has 0 amide bonds. The topological polar surface area (TPSA) is 12.5 Å². The van der Waals surface area contributed by atoms with Gasteiger partial charge in [-0.1, -0.05) is 25.5 Å². The van der Waals surface area contributed by atoms with Crippen molar-refractivity contribution in [2.45, 2.75) is 32.7 Å². The van der Waals surface area contributed by atoms with E-state index in [-0.39, 0.29) is 0 Å². The Morgan fingerprint density at radius 3 is 3.06 bits per heavy atom. The van der Waals surface area contributed by atoms with Crippen LogP contribution >= 0.6 is 0 Å². The molecule has 1 aromatic rings. The maximum absolute atomic E-state index is 5.87. The summed E-state index contributed by atoms with van der Waals surface area (Å²) in [6.07, 6.45) is 3.48. The van der Waals surface area contributed by atoms with Crippen molar-refractivity contribution < 1.29 is 4.74 Å². The van der Waals surface area contributed by atoms with Gasteiger partial charge in [0.15, 0.2) is 0 Å². The molecule has 0 N–H and O–H groups in total. The molecule has 1 heterocycles. The molecule has 2 rings (SSSR count). The molecule has 16 heavy (non-hydrogen) atoms. The standard InChI is InChI=1S/C14H21NO/c1-3-4-10-16-14-7-5-6-12-8-9-15(2)11-13(12)14/h5-7H,3-4,8-11H2,1-2H3. The van der Waals surface area contributed by atoms with Crippen molar-refractivity contribution >= 4 is 0 Å². The molecular formula is C14H21NO. The normalized spacial score (nSPS) is 15.9. The third kappa shape index (κ3) is 2.56. The monoisotopic (exact) mass is 219 g/mol. The van der Waals surface area contributed by atoms with Crippen LogP contribution in [0.3, 0.4) is 0 Å². The average molecular weight is 219 g/mol. The number of hydrogen-bond acceptors (Lipinski definition) is 2. The molecule has 1 aliphatic rings. The molecule has 88 valence electrons. The minimum atomic E-state index is 0.844. The van der Waals surface area contributed by atoms with Gasteiger partial charge < -0.3 is 9.64 Å². The smallest absolute Gasteiger partial charge is 0.124 e. The molecule has 0 unspecified atom stereocenters. The molecule has 0 radical (unpaired) electrons. The second-order valence-electron chi connectivity index (χ2n) is 4.58. The minimum Gasteiger partial charge on any atom is -0.493 e. The van der Waals surface area contributed by atoms with E-state index in [0.717, 1.165) is 38.3 Å². The van der Waals surface area contributed by atoms with Crippen molar-refractivity contribution in [2.75, 3.05) is 20.2 Å². The first-order valence-corrected chi connectivity index (χ1v) is 6.23. The van der Waals surface area contributed by atoms with Gasteiger partial charge in [-0.2, -0.15) is 0 Å². The van der Waals surface area contributed by atoms with E-state index in [0.29, 0.717) is 0 Å².